The lowest BCUT2D eigenvalue weighted by Gasteiger charge is -2.17. The fourth-order valence-electron chi connectivity index (χ4n) is 2.47. The molecule has 0 atom stereocenters. The van der Waals surface area contributed by atoms with Gasteiger partial charge >= 0.3 is 0 Å². The summed E-state index contributed by atoms with van der Waals surface area (Å²) in [6.45, 7) is 2.74. The zero-order valence-electron chi connectivity index (χ0n) is 11.2. The van der Waals surface area contributed by atoms with Gasteiger partial charge in [-0.05, 0) is 6.42 Å². The minimum atomic E-state index is -0.199. The van der Waals surface area contributed by atoms with Crippen LogP contribution in [-0.2, 0) is 6.54 Å². The first-order valence-electron chi connectivity index (χ1n) is 6.81. The molecule has 2 N–H and O–H groups in total. The first-order valence-corrected chi connectivity index (χ1v) is 7.69. The number of nitrogens with zero attached hydrogens (tertiary/aromatic N) is 2. The monoisotopic (exact) mass is 306 g/mol. The lowest BCUT2D eigenvalue weighted by Crippen LogP contribution is -2.20. The molecule has 2 aliphatic rings. The van der Waals surface area contributed by atoms with Gasteiger partial charge in [-0.1, -0.05) is 0 Å². The Bertz CT molecular complexity index is 694. The van der Waals surface area contributed by atoms with Crippen molar-refractivity contribution < 1.29 is 14.3 Å². The number of aromatic nitrogens is 2. The SMILES string of the molecule is O=C(Nc1cnn2c1NCCC2)c1scc2c1OCCO2. The van der Waals surface area contributed by atoms with Gasteiger partial charge in [0, 0.05) is 18.5 Å². The van der Waals surface area contributed by atoms with Crippen molar-refractivity contribution in [3.63, 3.8) is 0 Å². The summed E-state index contributed by atoms with van der Waals surface area (Å²) in [6.07, 6.45) is 2.70. The summed E-state index contributed by atoms with van der Waals surface area (Å²) in [7, 11) is 0. The largest absolute Gasteiger partial charge is 0.485 e. The normalized spacial score (nSPS) is 16.0. The molecule has 110 valence electrons. The highest BCUT2D eigenvalue weighted by molar-refractivity contribution is 7.13. The summed E-state index contributed by atoms with van der Waals surface area (Å²) in [4.78, 5) is 13.0. The molecule has 2 aliphatic heterocycles. The first kappa shape index (κ1) is 12.5. The number of carbonyl (C=O) groups excluding carboxylic acids is 1. The van der Waals surface area contributed by atoms with Gasteiger partial charge in [0.1, 0.15) is 29.6 Å². The van der Waals surface area contributed by atoms with E-state index in [0.717, 1.165) is 25.3 Å². The molecule has 0 saturated carbocycles. The Kier molecular flexibility index (Phi) is 2.95. The zero-order valence-corrected chi connectivity index (χ0v) is 12.0. The summed E-state index contributed by atoms with van der Waals surface area (Å²) in [5.41, 5.74) is 0.693. The average Bonchev–Trinajstić information content (AvgIpc) is 3.12. The standard InChI is InChI=1S/C13H14N4O3S/c18-13(11-10-9(7-21-11)19-4-5-20-10)16-8-6-15-17-3-1-2-14-12(8)17/h6-7,14H,1-5H2,(H,16,18). The molecule has 2 aromatic rings. The third kappa shape index (κ3) is 2.11. The number of thiophene rings is 1. The second kappa shape index (κ2) is 4.96. The van der Waals surface area contributed by atoms with Crippen LogP contribution in [0.5, 0.6) is 11.5 Å². The third-order valence-corrected chi connectivity index (χ3v) is 4.37. The van der Waals surface area contributed by atoms with Crippen LogP contribution >= 0.6 is 11.3 Å². The molecule has 0 fully saturated rings. The molecule has 4 rings (SSSR count). The molecular formula is C13H14N4O3S. The first-order chi connectivity index (χ1) is 10.3. The molecule has 7 nitrogen and oxygen atoms in total. The molecule has 0 bridgehead atoms. The van der Waals surface area contributed by atoms with E-state index in [2.05, 4.69) is 15.7 Å². The average molecular weight is 306 g/mol. The molecular weight excluding hydrogens is 292 g/mol. The fraction of sp³-hybridized carbons (Fsp3) is 0.385. The lowest BCUT2D eigenvalue weighted by atomic mass is 10.3. The van der Waals surface area contributed by atoms with Crippen LogP contribution < -0.4 is 20.1 Å². The van der Waals surface area contributed by atoms with E-state index in [0.29, 0.717) is 35.3 Å². The van der Waals surface area contributed by atoms with E-state index >= 15 is 0 Å². The van der Waals surface area contributed by atoms with Crippen LogP contribution in [-0.4, -0.2) is 35.4 Å². The topological polar surface area (TPSA) is 77.4 Å². The number of rotatable bonds is 2. The molecule has 0 aromatic carbocycles. The van der Waals surface area contributed by atoms with Crippen molar-refractivity contribution in [2.24, 2.45) is 0 Å². The zero-order chi connectivity index (χ0) is 14.2. The Hall–Kier alpha value is -2.22. The summed E-state index contributed by atoms with van der Waals surface area (Å²) >= 11 is 1.32. The van der Waals surface area contributed by atoms with Crippen LogP contribution in [0.3, 0.4) is 0 Å². The highest BCUT2D eigenvalue weighted by Crippen LogP contribution is 2.39. The molecule has 0 saturated heterocycles. The van der Waals surface area contributed by atoms with E-state index in [1.807, 2.05) is 4.68 Å². The maximum atomic E-state index is 12.4. The number of ether oxygens (including phenoxy) is 2. The van der Waals surface area contributed by atoms with Gasteiger partial charge in [-0.3, -0.25) is 4.79 Å². The lowest BCUT2D eigenvalue weighted by molar-refractivity contribution is 0.102. The van der Waals surface area contributed by atoms with Crippen molar-refractivity contribution >= 4 is 28.7 Å². The number of anilines is 2. The number of hydrogen-bond donors (Lipinski definition) is 2. The van der Waals surface area contributed by atoms with Crippen LogP contribution in [0.2, 0.25) is 0 Å². The van der Waals surface area contributed by atoms with Gasteiger partial charge < -0.3 is 20.1 Å². The van der Waals surface area contributed by atoms with Gasteiger partial charge in [-0.15, -0.1) is 11.3 Å². The Labute approximate surface area is 124 Å². The molecule has 4 heterocycles. The summed E-state index contributed by atoms with van der Waals surface area (Å²) < 4.78 is 12.9. The van der Waals surface area contributed by atoms with Crippen LogP contribution in [0.4, 0.5) is 11.5 Å². The molecule has 8 heteroatoms. The maximum Gasteiger partial charge on any atom is 0.269 e. The smallest absolute Gasteiger partial charge is 0.269 e. The van der Waals surface area contributed by atoms with E-state index in [9.17, 15) is 4.79 Å². The van der Waals surface area contributed by atoms with E-state index in [-0.39, 0.29) is 5.91 Å². The predicted octanol–water partition coefficient (Wildman–Crippen LogP) is 1.78. The number of hydrogen-bond acceptors (Lipinski definition) is 6. The second-order valence-electron chi connectivity index (χ2n) is 4.82. The van der Waals surface area contributed by atoms with Gasteiger partial charge in [0.15, 0.2) is 11.5 Å². The van der Waals surface area contributed by atoms with Gasteiger partial charge in [-0.2, -0.15) is 5.10 Å². The molecule has 0 aliphatic carbocycles. The predicted molar refractivity (Wildman–Crippen MR) is 78.6 cm³/mol. The van der Waals surface area contributed by atoms with Crippen molar-refractivity contribution in [3.8, 4) is 11.5 Å². The Morgan fingerprint density at radius 2 is 2.33 bits per heavy atom. The number of nitrogens with one attached hydrogen (secondary N) is 2. The van der Waals surface area contributed by atoms with E-state index < -0.39 is 0 Å². The highest BCUT2D eigenvalue weighted by Gasteiger charge is 2.25. The van der Waals surface area contributed by atoms with E-state index in [1.165, 1.54) is 11.3 Å². The second-order valence-corrected chi connectivity index (χ2v) is 5.70. The van der Waals surface area contributed by atoms with E-state index in [4.69, 9.17) is 9.47 Å². The summed E-state index contributed by atoms with van der Waals surface area (Å²) in [6, 6.07) is 0. The van der Waals surface area contributed by atoms with Crippen LogP contribution in [0.1, 0.15) is 16.1 Å². The van der Waals surface area contributed by atoms with Gasteiger partial charge in [0.25, 0.3) is 5.91 Å². The van der Waals surface area contributed by atoms with Crippen molar-refractivity contribution in [2.75, 3.05) is 30.4 Å². The van der Waals surface area contributed by atoms with Gasteiger partial charge in [-0.25, -0.2) is 4.68 Å². The minimum absolute atomic E-state index is 0.199. The number of fused-ring (bicyclic) bond motifs is 2. The number of carbonyl (C=O) groups is 1. The number of amides is 1. The van der Waals surface area contributed by atoms with E-state index in [1.54, 1.807) is 11.6 Å². The molecule has 0 unspecified atom stereocenters. The highest BCUT2D eigenvalue weighted by atomic mass is 32.1. The molecule has 21 heavy (non-hydrogen) atoms. The van der Waals surface area contributed by atoms with Crippen molar-refractivity contribution in [3.05, 3.63) is 16.5 Å². The van der Waals surface area contributed by atoms with Crippen molar-refractivity contribution in [2.45, 2.75) is 13.0 Å². The Morgan fingerprint density at radius 3 is 3.29 bits per heavy atom. The number of aryl methyl sites for hydroxylation is 1. The molecule has 1 amide bonds. The Morgan fingerprint density at radius 1 is 1.43 bits per heavy atom. The maximum absolute atomic E-state index is 12.4. The van der Waals surface area contributed by atoms with Crippen LogP contribution in [0.15, 0.2) is 11.6 Å². The Balaban J connectivity index is 1.59. The van der Waals surface area contributed by atoms with Crippen LogP contribution in [0, 0.1) is 0 Å². The molecule has 0 radical (unpaired) electrons. The minimum Gasteiger partial charge on any atom is -0.485 e. The summed E-state index contributed by atoms with van der Waals surface area (Å²) in [5, 5.41) is 12.2. The van der Waals surface area contributed by atoms with Crippen molar-refractivity contribution in [1.82, 2.24) is 9.78 Å². The summed E-state index contributed by atoms with van der Waals surface area (Å²) in [5.74, 6) is 1.84. The fourth-order valence-corrected chi connectivity index (χ4v) is 3.29. The van der Waals surface area contributed by atoms with Gasteiger partial charge in [0.2, 0.25) is 0 Å². The quantitative estimate of drug-likeness (QED) is 0.884. The van der Waals surface area contributed by atoms with Crippen molar-refractivity contribution in [1.29, 1.82) is 0 Å². The van der Waals surface area contributed by atoms with Crippen LogP contribution in [0.25, 0.3) is 0 Å². The molecule has 0 spiro atoms. The third-order valence-electron chi connectivity index (χ3n) is 3.43. The van der Waals surface area contributed by atoms with Gasteiger partial charge in [0.05, 0.1) is 6.20 Å². The molecule has 2 aromatic heterocycles.